The minimum Gasteiger partial charge on any atom is -0.382 e. The number of pyridine rings is 1. The summed E-state index contributed by atoms with van der Waals surface area (Å²) in [6.45, 7) is 5.49. The second kappa shape index (κ2) is 6.72. The molecule has 1 aliphatic rings. The Bertz CT molecular complexity index is 560. The van der Waals surface area contributed by atoms with Gasteiger partial charge in [-0.15, -0.1) is 0 Å². The van der Waals surface area contributed by atoms with E-state index >= 15 is 0 Å². The molecule has 1 aliphatic heterocycles. The van der Waals surface area contributed by atoms with Gasteiger partial charge in [0.25, 0.3) is 0 Å². The number of nitrogens with one attached hydrogen (secondary N) is 1. The smallest absolute Gasteiger partial charge is 0.0372 e. The van der Waals surface area contributed by atoms with Crippen LogP contribution in [0.2, 0.25) is 0 Å². The molecule has 0 saturated carbocycles. The predicted octanol–water partition coefficient (Wildman–Crippen LogP) is 3.47. The zero-order valence-electron chi connectivity index (χ0n) is 12.6. The van der Waals surface area contributed by atoms with Gasteiger partial charge < -0.3 is 5.32 Å². The maximum Gasteiger partial charge on any atom is 0.0372 e. The summed E-state index contributed by atoms with van der Waals surface area (Å²) in [4.78, 5) is 6.71. The molecule has 0 radical (unpaired) electrons. The topological polar surface area (TPSA) is 28.2 Å². The van der Waals surface area contributed by atoms with Gasteiger partial charge in [0.1, 0.15) is 0 Å². The first-order valence-corrected chi connectivity index (χ1v) is 7.75. The summed E-state index contributed by atoms with van der Waals surface area (Å²) in [6, 6.07) is 13.3. The van der Waals surface area contributed by atoms with Crippen molar-refractivity contribution in [2.45, 2.75) is 32.4 Å². The molecule has 1 fully saturated rings. The molecule has 0 atom stereocenters. The number of likely N-dealkylation sites (tertiary alicyclic amines) is 1. The van der Waals surface area contributed by atoms with E-state index in [-0.39, 0.29) is 0 Å². The van der Waals surface area contributed by atoms with Crippen LogP contribution in [0, 0.1) is 6.92 Å². The number of nitrogens with zero attached hydrogens (tertiary/aromatic N) is 2. The van der Waals surface area contributed by atoms with Crippen molar-refractivity contribution in [3.05, 3.63) is 59.9 Å². The van der Waals surface area contributed by atoms with Gasteiger partial charge in [-0.25, -0.2) is 0 Å². The van der Waals surface area contributed by atoms with Crippen LogP contribution in [0.4, 0.5) is 5.69 Å². The van der Waals surface area contributed by atoms with Crippen LogP contribution < -0.4 is 5.32 Å². The molecule has 1 aromatic carbocycles. The van der Waals surface area contributed by atoms with Gasteiger partial charge in [0.15, 0.2) is 0 Å². The molecule has 3 nitrogen and oxygen atoms in total. The lowest BCUT2D eigenvalue weighted by Crippen LogP contribution is -2.38. The third kappa shape index (κ3) is 3.82. The summed E-state index contributed by atoms with van der Waals surface area (Å²) in [5.41, 5.74) is 3.92. The Morgan fingerprint density at radius 1 is 1.14 bits per heavy atom. The molecule has 3 rings (SSSR count). The highest BCUT2D eigenvalue weighted by atomic mass is 15.1. The fraction of sp³-hybridized carbons (Fsp3) is 0.389. The number of anilines is 1. The molecule has 1 saturated heterocycles. The first-order chi connectivity index (χ1) is 10.3. The maximum absolute atomic E-state index is 4.19. The van der Waals surface area contributed by atoms with Crippen molar-refractivity contribution in [2.75, 3.05) is 18.4 Å². The molecular formula is C18H23N3. The Balaban J connectivity index is 1.50. The number of para-hydroxylation sites is 1. The van der Waals surface area contributed by atoms with Crippen LogP contribution >= 0.6 is 0 Å². The van der Waals surface area contributed by atoms with Crippen LogP contribution in [0.1, 0.15) is 24.0 Å². The second-order valence-electron chi connectivity index (χ2n) is 5.87. The third-order valence-electron chi connectivity index (χ3n) is 4.22. The number of benzene rings is 1. The van der Waals surface area contributed by atoms with E-state index < -0.39 is 0 Å². The summed E-state index contributed by atoms with van der Waals surface area (Å²) >= 11 is 0. The number of rotatable bonds is 4. The van der Waals surface area contributed by atoms with Crippen LogP contribution in [0.15, 0.2) is 48.8 Å². The molecular weight excluding hydrogens is 258 g/mol. The largest absolute Gasteiger partial charge is 0.382 e. The lowest BCUT2D eigenvalue weighted by molar-refractivity contribution is 0.211. The molecule has 21 heavy (non-hydrogen) atoms. The lowest BCUT2D eigenvalue weighted by Gasteiger charge is -2.33. The maximum atomic E-state index is 4.19. The molecule has 110 valence electrons. The van der Waals surface area contributed by atoms with Crippen molar-refractivity contribution < 1.29 is 0 Å². The van der Waals surface area contributed by atoms with Gasteiger partial charge in [-0.3, -0.25) is 9.88 Å². The van der Waals surface area contributed by atoms with Crippen LogP contribution in [-0.4, -0.2) is 29.0 Å². The molecule has 2 heterocycles. The molecule has 3 heteroatoms. The number of hydrogen-bond donors (Lipinski definition) is 1. The molecule has 0 aliphatic carbocycles. The number of hydrogen-bond acceptors (Lipinski definition) is 3. The summed E-state index contributed by atoms with van der Waals surface area (Å²) in [6.07, 6.45) is 6.21. The number of aryl methyl sites for hydroxylation is 1. The lowest BCUT2D eigenvalue weighted by atomic mass is 10.0. The Morgan fingerprint density at radius 3 is 2.67 bits per heavy atom. The number of piperidine rings is 1. The fourth-order valence-electron chi connectivity index (χ4n) is 2.94. The van der Waals surface area contributed by atoms with Crippen molar-refractivity contribution in [2.24, 2.45) is 0 Å². The average molecular weight is 281 g/mol. The summed E-state index contributed by atoms with van der Waals surface area (Å²) < 4.78 is 0. The van der Waals surface area contributed by atoms with Crippen LogP contribution in [0.5, 0.6) is 0 Å². The van der Waals surface area contributed by atoms with E-state index in [9.17, 15) is 0 Å². The molecule has 1 aromatic heterocycles. The zero-order valence-corrected chi connectivity index (χ0v) is 12.6. The molecule has 0 spiro atoms. The Morgan fingerprint density at radius 2 is 1.95 bits per heavy atom. The normalized spacial score (nSPS) is 16.8. The monoisotopic (exact) mass is 281 g/mol. The van der Waals surface area contributed by atoms with Crippen molar-refractivity contribution in [1.82, 2.24) is 9.88 Å². The van der Waals surface area contributed by atoms with Crippen LogP contribution in [0.3, 0.4) is 0 Å². The van der Waals surface area contributed by atoms with E-state index in [1.54, 1.807) is 0 Å². The molecule has 1 N–H and O–H groups in total. The second-order valence-corrected chi connectivity index (χ2v) is 5.87. The van der Waals surface area contributed by atoms with Crippen molar-refractivity contribution in [1.29, 1.82) is 0 Å². The minimum atomic E-state index is 0.594. The zero-order chi connectivity index (χ0) is 14.5. The summed E-state index contributed by atoms with van der Waals surface area (Å²) in [5.74, 6) is 0. The number of aromatic nitrogens is 1. The SMILES string of the molecule is Cc1ccccc1NC1CCN(Cc2cccnc2)CC1. The first-order valence-electron chi connectivity index (χ1n) is 7.75. The van der Waals surface area contributed by atoms with E-state index in [2.05, 4.69) is 52.5 Å². The van der Waals surface area contributed by atoms with Gasteiger partial charge in [-0.05, 0) is 43.0 Å². The molecule has 2 aromatic rings. The van der Waals surface area contributed by atoms with Crippen LogP contribution in [-0.2, 0) is 6.54 Å². The van der Waals surface area contributed by atoms with E-state index in [1.165, 1.54) is 29.7 Å². The highest BCUT2D eigenvalue weighted by Gasteiger charge is 2.19. The van der Waals surface area contributed by atoms with Gasteiger partial charge in [0.2, 0.25) is 0 Å². The van der Waals surface area contributed by atoms with Gasteiger partial charge in [-0.1, -0.05) is 24.3 Å². The van der Waals surface area contributed by atoms with Crippen molar-refractivity contribution in [3.63, 3.8) is 0 Å². The Labute approximate surface area is 127 Å². The van der Waals surface area contributed by atoms with E-state index in [0.29, 0.717) is 6.04 Å². The highest BCUT2D eigenvalue weighted by Crippen LogP contribution is 2.20. The summed E-state index contributed by atoms with van der Waals surface area (Å²) in [7, 11) is 0. The van der Waals surface area contributed by atoms with E-state index in [1.807, 2.05) is 18.5 Å². The molecule has 0 amide bonds. The van der Waals surface area contributed by atoms with E-state index in [0.717, 1.165) is 19.6 Å². The first kappa shape index (κ1) is 14.1. The van der Waals surface area contributed by atoms with E-state index in [4.69, 9.17) is 0 Å². The minimum absolute atomic E-state index is 0.594. The quantitative estimate of drug-likeness (QED) is 0.930. The summed E-state index contributed by atoms with van der Waals surface area (Å²) in [5, 5.41) is 3.69. The average Bonchev–Trinajstić information content (AvgIpc) is 2.52. The van der Waals surface area contributed by atoms with Gasteiger partial charge in [0.05, 0.1) is 0 Å². The van der Waals surface area contributed by atoms with Gasteiger partial charge in [0, 0.05) is 43.8 Å². The molecule has 0 unspecified atom stereocenters. The van der Waals surface area contributed by atoms with Gasteiger partial charge >= 0.3 is 0 Å². The third-order valence-corrected chi connectivity index (χ3v) is 4.22. The van der Waals surface area contributed by atoms with Gasteiger partial charge in [-0.2, -0.15) is 0 Å². The van der Waals surface area contributed by atoms with Crippen LogP contribution in [0.25, 0.3) is 0 Å². The highest BCUT2D eigenvalue weighted by molar-refractivity contribution is 5.50. The van der Waals surface area contributed by atoms with Crippen molar-refractivity contribution in [3.8, 4) is 0 Å². The van der Waals surface area contributed by atoms with Crippen molar-refractivity contribution >= 4 is 5.69 Å². The predicted molar refractivity (Wildman–Crippen MR) is 87.3 cm³/mol. The standard InChI is InChI=1S/C18H23N3/c1-15-5-2-3-7-18(15)20-17-8-11-21(12-9-17)14-16-6-4-10-19-13-16/h2-7,10,13,17,20H,8-9,11-12,14H2,1H3. The fourth-order valence-corrected chi connectivity index (χ4v) is 2.94. The Hall–Kier alpha value is -1.87. The molecule has 0 bridgehead atoms. The Kier molecular flexibility index (Phi) is 4.51.